The van der Waals surface area contributed by atoms with Gasteiger partial charge < -0.3 is 15.3 Å². The lowest BCUT2D eigenvalue weighted by Gasteiger charge is -2.37. The molecule has 4 rings (SSSR count). The van der Waals surface area contributed by atoms with E-state index in [0.717, 1.165) is 22.7 Å². The Bertz CT molecular complexity index is 1070. The number of aromatic amines is 2. The summed E-state index contributed by atoms with van der Waals surface area (Å²) in [7, 11) is 0. The Morgan fingerprint density at radius 3 is 2.46 bits per heavy atom. The van der Waals surface area contributed by atoms with Gasteiger partial charge in [0.25, 0.3) is 0 Å². The molecule has 3 aromatic rings. The van der Waals surface area contributed by atoms with Gasteiger partial charge in [0.2, 0.25) is 0 Å². The number of hydrogen-bond acceptors (Lipinski definition) is 5. The monoisotopic (exact) mass is 385 g/mol. The molecule has 1 unspecified atom stereocenters. The van der Waals surface area contributed by atoms with Gasteiger partial charge in [-0.2, -0.15) is 0 Å². The van der Waals surface area contributed by atoms with Crippen molar-refractivity contribution in [2.75, 3.05) is 16.8 Å². The quantitative estimate of drug-likeness (QED) is 0.515. The number of anilines is 3. The number of fused-ring (bicyclic) bond motifs is 1. The number of para-hydroxylation sites is 2. The van der Waals surface area contributed by atoms with Crippen molar-refractivity contribution in [3.63, 3.8) is 0 Å². The number of nitrogens with one attached hydrogen (secondary N) is 3. The molecule has 26 heavy (non-hydrogen) atoms. The summed E-state index contributed by atoms with van der Waals surface area (Å²) in [5, 5.41) is 18.5. The summed E-state index contributed by atoms with van der Waals surface area (Å²) in [5.74, 6) is -0.895. The average Bonchev–Trinajstić information content (AvgIpc) is 2.99. The van der Waals surface area contributed by atoms with Gasteiger partial charge in [-0.05, 0) is 54.8 Å². The first-order valence-electron chi connectivity index (χ1n) is 7.91. The van der Waals surface area contributed by atoms with E-state index in [4.69, 9.17) is 24.4 Å². The van der Waals surface area contributed by atoms with Crippen LogP contribution in [0.25, 0.3) is 5.69 Å². The van der Waals surface area contributed by atoms with E-state index >= 15 is 0 Å². The Morgan fingerprint density at radius 1 is 1.04 bits per heavy atom. The fourth-order valence-corrected chi connectivity index (χ4v) is 3.70. The van der Waals surface area contributed by atoms with Crippen molar-refractivity contribution in [3.8, 4) is 5.69 Å². The van der Waals surface area contributed by atoms with Crippen molar-refractivity contribution < 1.29 is 9.90 Å². The summed E-state index contributed by atoms with van der Waals surface area (Å²) in [6, 6.07) is 14.4. The summed E-state index contributed by atoms with van der Waals surface area (Å²) in [4.78, 5) is 13.7. The summed E-state index contributed by atoms with van der Waals surface area (Å²) >= 11 is 10.5. The topological polar surface area (TPSA) is 89.1 Å². The van der Waals surface area contributed by atoms with Crippen molar-refractivity contribution in [2.45, 2.75) is 6.04 Å². The van der Waals surface area contributed by atoms with Gasteiger partial charge in [0.05, 0.1) is 17.1 Å². The molecule has 1 aliphatic heterocycles. The third-order valence-electron chi connectivity index (χ3n) is 4.29. The Balaban J connectivity index is 1.88. The van der Waals surface area contributed by atoms with Gasteiger partial charge in [-0.15, -0.1) is 0 Å². The van der Waals surface area contributed by atoms with Crippen LogP contribution in [0.15, 0.2) is 48.5 Å². The van der Waals surface area contributed by atoms with Gasteiger partial charge in [-0.25, -0.2) is 4.79 Å². The molecule has 0 amide bonds. The Morgan fingerprint density at radius 2 is 1.73 bits per heavy atom. The number of carbonyl (C=O) groups is 1. The second-order valence-corrected chi connectivity index (χ2v) is 6.61. The van der Waals surface area contributed by atoms with Crippen molar-refractivity contribution in [1.82, 2.24) is 14.8 Å². The number of rotatable bonds is 3. The molecule has 132 valence electrons. The number of nitrogens with zero attached hydrogens (tertiary/aromatic N) is 2. The zero-order chi connectivity index (χ0) is 18.3. The highest BCUT2D eigenvalue weighted by Crippen LogP contribution is 2.37. The molecule has 0 radical (unpaired) electrons. The van der Waals surface area contributed by atoms with Crippen LogP contribution >= 0.6 is 24.4 Å². The molecule has 0 fully saturated rings. The van der Waals surface area contributed by atoms with Crippen molar-refractivity contribution in [3.05, 3.63) is 58.1 Å². The molecule has 0 saturated carbocycles. The van der Waals surface area contributed by atoms with Crippen molar-refractivity contribution in [2.24, 2.45) is 0 Å². The largest absolute Gasteiger partial charge is 0.480 e. The number of hydrogen-bond donors (Lipinski definition) is 4. The van der Waals surface area contributed by atoms with Crippen molar-refractivity contribution in [1.29, 1.82) is 0 Å². The van der Waals surface area contributed by atoms with E-state index in [1.54, 1.807) is 4.57 Å². The highest BCUT2D eigenvalue weighted by molar-refractivity contribution is 7.72. The molecular weight excluding hydrogens is 370 g/mol. The second kappa shape index (κ2) is 6.43. The van der Waals surface area contributed by atoms with Gasteiger partial charge >= 0.3 is 5.97 Å². The van der Waals surface area contributed by atoms with Gasteiger partial charge in [0, 0.05) is 12.2 Å². The Labute approximate surface area is 158 Å². The number of H-pyrrole nitrogens is 2. The zero-order valence-corrected chi connectivity index (χ0v) is 15.1. The van der Waals surface area contributed by atoms with E-state index in [0.29, 0.717) is 16.1 Å². The van der Waals surface area contributed by atoms with Crippen LogP contribution in [-0.2, 0) is 4.79 Å². The molecule has 0 aliphatic carbocycles. The van der Waals surface area contributed by atoms with Gasteiger partial charge in [0.1, 0.15) is 6.04 Å². The van der Waals surface area contributed by atoms with Gasteiger partial charge in [-0.3, -0.25) is 14.8 Å². The van der Waals surface area contributed by atoms with E-state index in [1.807, 2.05) is 53.4 Å². The molecule has 7 nitrogen and oxygen atoms in total. The van der Waals surface area contributed by atoms with Gasteiger partial charge in [-0.1, -0.05) is 18.2 Å². The maximum Gasteiger partial charge on any atom is 0.328 e. The molecule has 1 atom stereocenters. The van der Waals surface area contributed by atoms with E-state index in [9.17, 15) is 9.90 Å². The fourth-order valence-electron chi connectivity index (χ4n) is 3.14. The molecule has 0 spiro atoms. The maximum atomic E-state index is 11.8. The average molecular weight is 385 g/mol. The number of carboxylic acid groups (broad SMARTS) is 1. The summed E-state index contributed by atoms with van der Waals surface area (Å²) in [5.41, 5.74) is 3.22. The van der Waals surface area contributed by atoms with E-state index in [2.05, 4.69) is 15.5 Å². The number of benzene rings is 2. The Hall–Kier alpha value is -2.91. The third kappa shape index (κ3) is 2.71. The van der Waals surface area contributed by atoms with E-state index < -0.39 is 12.0 Å². The van der Waals surface area contributed by atoms with Crippen LogP contribution in [0, 0.1) is 9.54 Å². The highest BCUT2D eigenvalue weighted by atomic mass is 32.1. The van der Waals surface area contributed by atoms with Crippen LogP contribution in [0.4, 0.5) is 17.1 Å². The lowest BCUT2D eigenvalue weighted by molar-refractivity contribution is -0.138. The molecule has 0 saturated heterocycles. The predicted octanol–water partition coefficient (Wildman–Crippen LogP) is 3.61. The fraction of sp³-hybridized carbons (Fsp3) is 0.118. The van der Waals surface area contributed by atoms with Crippen LogP contribution in [0.1, 0.15) is 0 Å². The highest BCUT2D eigenvalue weighted by Gasteiger charge is 2.32. The number of aromatic nitrogens is 3. The normalized spacial score (nSPS) is 16.0. The maximum absolute atomic E-state index is 11.8. The lowest BCUT2D eigenvalue weighted by atomic mass is 10.1. The van der Waals surface area contributed by atoms with Crippen LogP contribution in [0.3, 0.4) is 0 Å². The first-order valence-corrected chi connectivity index (χ1v) is 8.73. The minimum absolute atomic E-state index is 0.306. The zero-order valence-electron chi connectivity index (χ0n) is 13.5. The molecule has 4 N–H and O–H groups in total. The first-order chi connectivity index (χ1) is 12.6. The number of carboxylic acids is 1. The smallest absolute Gasteiger partial charge is 0.328 e. The SMILES string of the molecule is O=C(O)C1CNc2ccccc2N1c1cccc(-n2c(=S)[nH][nH]c2=S)c1. The standard InChI is InChI=1S/C17H15N5O2S2/c23-15(24)14-9-18-12-6-1-2-7-13(12)21(14)10-4-3-5-11(8-10)22-16(25)19-20-17(22)26/h1-8,14,18H,9H2,(H,19,25)(H,20,26)(H,23,24). The summed E-state index contributed by atoms with van der Waals surface area (Å²) in [6.07, 6.45) is 0. The molecular formula is C17H15N5O2S2. The third-order valence-corrected chi connectivity index (χ3v) is 4.86. The molecule has 2 heterocycles. The van der Waals surface area contributed by atoms with Crippen LogP contribution in [0.2, 0.25) is 0 Å². The predicted molar refractivity (Wildman–Crippen MR) is 105 cm³/mol. The molecule has 0 bridgehead atoms. The van der Waals surface area contributed by atoms with E-state index in [-0.39, 0.29) is 0 Å². The van der Waals surface area contributed by atoms with E-state index in [1.165, 1.54) is 0 Å². The molecule has 2 aromatic carbocycles. The van der Waals surface area contributed by atoms with Crippen molar-refractivity contribution >= 4 is 47.5 Å². The first kappa shape index (κ1) is 16.6. The molecule has 9 heteroatoms. The number of aliphatic carboxylic acids is 1. The summed E-state index contributed by atoms with van der Waals surface area (Å²) < 4.78 is 2.59. The van der Waals surface area contributed by atoms with Crippen LogP contribution < -0.4 is 10.2 Å². The summed E-state index contributed by atoms with van der Waals surface area (Å²) in [6.45, 7) is 0.306. The lowest BCUT2D eigenvalue weighted by Crippen LogP contribution is -2.46. The minimum Gasteiger partial charge on any atom is -0.480 e. The minimum atomic E-state index is -0.895. The molecule has 1 aromatic heterocycles. The molecule has 1 aliphatic rings. The van der Waals surface area contributed by atoms with Crippen LogP contribution in [-0.4, -0.2) is 38.4 Å². The second-order valence-electron chi connectivity index (χ2n) is 5.84. The Kier molecular flexibility index (Phi) is 4.09. The van der Waals surface area contributed by atoms with Gasteiger partial charge in [0.15, 0.2) is 9.54 Å². The van der Waals surface area contributed by atoms with Crippen LogP contribution in [0.5, 0.6) is 0 Å².